The zero-order chi connectivity index (χ0) is 12.3. The van der Waals surface area contributed by atoms with Crippen LogP contribution in [-0.2, 0) is 6.42 Å². The zero-order valence-electron chi connectivity index (χ0n) is 10.8. The molecule has 1 unspecified atom stereocenters. The zero-order valence-corrected chi connectivity index (χ0v) is 10.8. The van der Waals surface area contributed by atoms with Crippen molar-refractivity contribution in [1.82, 2.24) is 9.97 Å². The lowest BCUT2D eigenvalue weighted by molar-refractivity contribution is 0.608. The quantitative estimate of drug-likeness (QED) is 0.853. The second kappa shape index (κ2) is 5.34. The summed E-state index contributed by atoms with van der Waals surface area (Å²) in [6, 6.07) is 0.553. The van der Waals surface area contributed by atoms with Gasteiger partial charge in [-0.15, -0.1) is 0 Å². The van der Waals surface area contributed by atoms with E-state index in [0.29, 0.717) is 11.9 Å². The summed E-state index contributed by atoms with van der Waals surface area (Å²) in [6.45, 7) is 5.48. The van der Waals surface area contributed by atoms with E-state index in [2.05, 4.69) is 28.7 Å². The molecule has 0 amide bonds. The van der Waals surface area contributed by atoms with Crippen molar-refractivity contribution in [2.24, 2.45) is 0 Å². The SMILES string of the molecule is CCc1c(N)ncnc1N1CCCCCC1C. The number of nitrogens with two attached hydrogens (primary N) is 1. The van der Waals surface area contributed by atoms with E-state index in [0.717, 1.165) is 24.3 Å². The lowest BCUT2D eigenvalue weighted by Crippen LogP contribution is -2.34. The normalized spacial score (nSPS) is 21.3. The number of nitrogen functional groups attached to an aromatic ring is 1. The molecule has 4 heteroatoms. The van der Waals surface area contributed by atoms with E-state index in [4.69, 9.17) is 5.73 Å². The van der Waals surface area contributed by atoms with Crippen LogP contribution in [0.4, 0.5) is 11.6 Å². The van der Waals surface area contributed by atoms with Crippen LogP contribution in [0.15, 0.2) is 6.33 Å². The molecule has 0 radical (unpaired) electrons. The predicted molar refractivity (Wildman–Crippen MR) is 71.1 cm³/mol. The van der Waals surface area contributed by atoms with Crippen molar-refractivity contribution in [3.8, 4) is 0 Å². The number of nitrogens with zero attached hydrogens (tertiary/aromatic N) is 3. The molecule has 1 atom stereocenters. The summed E-state index contributed by atoms with van der Waals surface area (Å²) in [7, 11) is 0. The second-order valence-corrected chi connectivity index (χ2v) is 4.81. The Morgan fingerprint density at radius 3 is 2.94 bits per heavy atom. The van der Waals surface area contributed by atoms with Gasteiger partial charge in [0, 0.05) is 18.2 Å². The smallest absolute Gasteiger partial charge is 0.137 e. The van der Waals surface area contributed by atoms with Crippen LogP contribution in [0.5, 0.6) is 0 Å². The summed E-state index contributed by atoms with van der Waals surface area (Å²) in [4.78, 5) is 11.0. The van der Waals surface area contributed by atoms with Crippen molar-refractivity contribution in [3.63, 3.8) is 0 Å². The Hall–Kier alpha value is -1.32. The monoisotopic (exact) mass is 234 g/mol. The fraction of sp³-hybridized carbons (Fsp3) is 0.692. The molecular weight excluding hydrogens is 212 g/mol. The molecule has 17 heavy (non-hydrogen) atoms. The molecule has 0 spiro atoms. The molecule has 0 aliphatic carbocycles. The van der Waals surface area contributed by atoms with Crippen LogP contribution >= 0.6 is 0 Å². The molecule has 2 rings (SSSR count). The number of anilines is 2. The van der Waals surface area contributed by atoms with Crippen molar-refractivity contribution in [2.45, 2.75) is 52.0 Å². The minimum absolute atomic E-state index is 0.553. The molecule has 94 valence electrons. The van der Waals surface area contributed by atoms with Gasteiger partial charge in [0.05, 0.1) is 0 Å². The highest BCUT2D eigenvalue weighted by molar-refractivity contribution is 5.57. The van der Waals surface area contributed by atoms with Crippen molar-refractivity contribution >= 4 is 11.6 Å². The molecule has 4 nitrogen and oxygen atoms in total. The first-order valence-electron chi connectivity index (χ1n) is 6.60. The number of rotatable bonds is 2. The highest BCUT2D eigenvalue weighted by Gasteiger charge is 2.21. The summed E-state index contributed by atoms with van der Waals surface area (Å²) in [5, 5.41) is 0. The van der Waals surface area contributed by atoms with Crippen LogP contribution in [0.25, 0.3) is 0 Å². The first kappa shape index (κ1) is 12.1. The van der Waals surface area contributed by atoms with Crippen molar-refractivity contribution < 1.29 is 0 Å². The van der Waals surface area contributed by atoms with E-state index in [1.165, 1.54) is 25.7 Å². The Morgan fingerprint density at radius 1 is 1.35 bits per heavy atom. The fourth-order valence-electron chi connectivity index (χ4n) is 2.59. The van der Waals surface area contributed by atoms with Gasteiger partial charge in [-0.25, -0.2) is 9.97 Å². The maximum Gasteiger partial charge on any atom is 0.137 e. The average Bonchev–Trinajstić information content (AvgIpc) is 2.53. The van der Waals surface area contributed by atoms with E-state index in [9.17, 15) is 0 Å². The van der Waals surface area contributed by atoms with E-state index in [-0.39, 0.29) is 0 Å². The highest BCUT2D eigenvalue weighted by Crippen LogP contribution is 2.27. The molecule has 1 aromatic rings. The lowest BCUT2D eigenvalue weighted by Gasteiger charge is -2.30. The van der Waals surface area contributed by atoms with Crippen molar-refractivity contribution in [3.05, 3.63) is 11.9 Å². The summed E-state index contributed by atoms with van der Waals surface area (Å²) >= 11 is 0. The predicted octanol–water partition coefficient (Wildman–Crippen LogP) is 2.39. The molecule has 1 aliphatic rings. The first-order chi connectivity index (χ1) is 8.24. The Bertz CT molecular complexity index is 378. The minimum atomic E-state index is 0.553. The molecule has 0 bridgehead atoms. The number of aromatic nitrogens is 2. The Labute approximate surface area is 103 Å². The fourth-order valence-corrected chi connectivity index (χ4v) is 2.59. The van der Waals surface area contributed by atoms with Gasteiger partial charge >= 0.3 is 0 Å². The molecule has 2 N–H and O–H groups in total. The Kier molecular flexibility index (Phi) is 3.82. The minimum Gasteiger partial charge on any atom is -0.383 e. The summed E-state index contributed by atoms with van der Waals surface area (Å²) in [6.07, 6.45) is 7.61. The van der Waals surface area contributed by atoms with Gasteiger partial charge < -0.3 is 10.6 Å². The van der Waals surface area contributed by atoms with E-state index >= 15 is 0 Å². The molecular formula is C13H22N4. The largest absolute Gasteiger partial charge is 0.383 e. The van der Waals surface area contributed by atoms with Crippen LogP contribution < -0.4 is 10.6 Å². The molecule has 0 saturated carbocycles. The average molecular weight is 234 g/mol. The number of hydrogen-bond donors (Lipinski definition) is 1. The van der Waals surface area contributed by atoms with Crippen molar-refractivity contribution in [2.75, 3.05) is 17.2 Å². The summed E-state index contributed by atoms with van der Waals surface area (Å²) < 4.78 is 0. The van der Waals surface area contributed by atoms with E-state index in [1.807, 2.05) is 0 Å². The summed E-state index contributed by atoms with van der Waals surface area (Å²) in [5.41, 5.74) is 7.04. The van der Waals surface area contributed by atoms with Crippen molar-refractivity contribution in [1.29, 1.82) is 0 Å². The van der Waals surface area contributed by atoms with E-state index in [1.54, 1.807) is 6.33 Å². The van der Waals surface area contributed by atoms with Crippen LogP contribution in [0.3, 0.4) is 0 Å². The van der Waals surface area contributed by atoms with Gasteiger partial charge in [0.1, 0.15) is 18.0 Å². The topological polar surface area (TPSA) is 55.0 Å². The maximum absolute atomic E-state index is 5.95. The van der Waals surface area contributed by atoms with Crippen LogP contribution in [0, 0.1) is 0 Å². The maximum atomic E-state index is 5.95. The molecule has 1 aliphatic heterocycles. The molecule has 1 fully saturated rings. The van der Waals surface area contributed by atoms with Crippen LogP contribution in [-0.4, -0.2) is 22.6 Å². The van der Waals surface area contributed by atoms with Gasteiger partial charge in [0.15, 0.2) is 0 Å². The number of hydrogen-bond acceptors (Lipinski definition) is 4. The van der Waals surface area contributed by atoms with Gasteiger partial charge in [0.2, 0.25) is 0 Å². The van der Waals surface area contributed by atoms with Gasteiger partial charge in [-0.05, 0) is 26.2 Å². The third kappa shape index (κ3) is 2.51. The lowest BCUT2D eigenvalue weighted by atomic mass is 10.1. The molecule has 1 saturated heterocycles. The molecule has 1 aromatic heterocycles. The van der Waals surface area contributed by atoms with Gasteiger partial charge in [-0.1, -0.05) is 19.8 Å². The van der Waals surface area contributed by atoms with Crippen LogP contribution in [0.1, 0.15) is 45.1 Å². The third-order valence-electron chi connectivity index (χ3n) is 3.63. The van der Waals surface area contributed by atoms with Gasteiger partial charge in [-0.2, -0.15) is 0 Å². The summed E-state index contributed by atoms with van der Waals surface area (Å²) in [5.74, 6) is 1.68. The first-order valence-corrected chi connectivity index (χ1v) is 6.60. The Balaban J connectivity index is 2.34. The van der Waals surface area contributed by atoms with E-state index < -0.39 is 0 Å². The Morgan fingerprint density at radius 2 is 2.18 bits per heavy atom. The van der Waals surface area contributed by atoms with Gasteiger partial charge in [-0.3, -0.25) is 0 Å². The standard InChI is InChI=1S/C13H22N4/c1-3-11-12(14)15-9-16-13(11)17-8-6-4-5-7-10(17)2/h9-10H,3-8H2,1-2H3,(H2,14,15,16). The second-order valence-electron chi connectivity index (χ2n) is 4.81. The van der Waals surface area contributed by atoms with Gasteiger partial charge in [0.25, 0.3) is 0 Å². The molecule has 2 heterocycles. The highest BCUT2D eigenvalue weighted by atomic mass is 15.2. The van der Waals surface area contributed by atoms with Crippen LogP contribution in [0.2, 0.25) is 0 Å². The molecule has 0 aromatic carbocycles. The third-order valence-corrected chi connectivity index (χ3v) is 3.63.